The van der Waals surface area contributed by atoms with Crippen molar-refractivity contribution in [2.75, 3.05) is 5.32 Å². The van der Waals surface area contributed by atoms with E-state index >= 15 is 0 Å². The van der Waals surface area contributed by atoms with E-state index in [0.717, 1.165) is 4.73 Å². The molecule has 0 saturated heterocycles. The molecule has 0 aliphatic carbocycles. The highest BCUT2D eigenvalue weighted by Crippen LogP contribution is 2.24. The third-order valence-electron chi connectivity index (χ3n) is 4.04. The third kappa shape index (κ3) is 2.88. The number of imidazole rings is 1. The number of nitrogens with one attached hydrogen (secondary N) is 1. The Hall–Kier alpha value is -3.67. The molecule has 4 aromatic rings. The molecule has 0 aliphatic rings. The van der Waals surface area contributed by atoms with Crippen molar-refractivity contribution in [3.8, 4) is 11.4 Å². The van der Waals surface area contributed by atoms with Crippen LogP contribution in [0.1, 0.15) is 10.4 Å². The molecular weight excluding hydrogens is 333 g/mol. The summed E-state index contributed by atoms with van der Waals surface area (Å²) in [7, 11) is 0. The van der Waals surface area contributed by atoms with Gasteiger partial charge in [-0.25, -0.2) is 9.37 Å². The second-order valence-electron chi connectivity index (χ2n) is 5.77. The fraction of sp³-hybridized carbons (Fsp3) is 0. The van der Waals surface area contributed by atoms with Gasteiger partial charge in [0.05, 0.1) is 5.52 Å². The summed E-state index contributed by atoms with van der Waals surface area (Å²) in [5.41, 5.74) is 2.98. The van der Waals surface area contributed by atoms with Crippen LogP contribution in [0.2, 0.25) is 0 Å². The number of anilines is 1. The minimum Gasteiger partial charge on any atom is -0.426 e. The zero-order chi connectivity index (χ0) is 18.1. The summed E-state index contributed by atoms with van der Waals surface area (Å²) in [6.07, 6.45) is 0. The number of nitrogens with zero attached hydrogens (tertiary/aromatic N) is 2. The van der Waals surface area contributed by atoms with Crippen molar-refractivity contribution in [1.82, 2.24) is 9.71 Å². The lowest BCUT2D eigenvalue weighted by atomic mass is 10.1. The molecule has 1 amide bonds. The maximum absolute atomic E-state index is 12.9. The molecule has 128 valence electrons. The number of rotatable bonds is 3. The van der Waals surface area contributed by atoms with Crippen molar-refractivity contribution in [1.29, 1.82) is 0 Å². The van der Waals surface area contributed by atoms with E-state index in [1.165, 1.54) is 24.3 Å². The lowest BCUT2D eigenvalue weighted by molar-refractivity contribution is 0.102. The monoisotopic (exact) mass is 347 g/mol. The highest BCUT2D eigenvalue weighted by atomic mass is 19.1. The first-order valence-electron chi connectivity index (χ1n) is 7.96. The van der Waals surface area contributed by atoms with Crippen LogP contribution in [0, 0.1) is 5.82 Å². The quantitative estimate of drug-likeness (QED) is 0.542. The number of benzene rings is 3. The molecule has 0 radical (unpaired) electrons. The SMILES string of the molecule is O=C(Nc1ccc(-c2nc3ccccc3n2O)cc1)c1ccc(F)cc1. The van der Waals surface area contributed by atoms with Crippen LogP contribution in [0.5, 0.6) is 0 Å². The molecule has 0 bridgehead atoms. The van der Waals surface area contributed by atoms with Gasteiger partial charge in [-0.15, -0.1) is 0 Å². The van der Waals surface area contributed by atoms with Gasteiger partial charge < -0.3 is 10.5 Å². The van der Waals surface area contributed by atoms with Crippen molar-refractivity contribution in [2.24, 2.45) is 0 Å². The number of para-hydroxylation sites is 2. The fourth-order valence-electron chi connectivity index (χ4n) is 2.71. The van der Waals surface area contributed by atoms with E-state index in [1.807, 2.05) is 18.2 Å². The average Bonchev–Trinajstić information content (AvgIpc) is 3.00. The molecule has 3 aromatic carbocycles. The lowest BCUT2D eigenvalue weighted by Crippen LogP contribution is -2.11. The van der Waals surface area contributed by atoms with E-state index in [4.69, 9.17) is 0 Å². The Morgan fingerprint density at radius 2 is 1.65 bits per heavy atom. The van der Waals surface area contributed by atoms with Gasteiger partial charge in [-0.1, -0.05) is 12.1 Å². The molecule has 6 heteroatoms. The van der Waals surface area contributed by atoms with Gasteiger partial charge in [0.25, 0.3) is 5.91 Å². The molecule has 0 aliphatic heterocycles. The van der Waals surface area contributed by atoms with Crippen LogP contribution in [0.25, 0.3) is 22.4 Å². The predicted octanol–water partition coefficient (Wildman–Crippen LogP) is 4.33. The highest BCUT2D eigenvalue weighted by molar-refractivity contribution is 6.04. The van der Waals surface area contributed by atoms with Crippen LogP contribution in [-0.4, -0.2) is 20.8 Å². The molecule has 0 spiro atoms. The molecule has 0 unspecified atom stereocenters. The number of hydrogen-bond donors (Lipinski definition) is 2. The van der Waals surface area contributed by atoms with Crippen LogP contribution in [0.3, 0.4) is 0 Å². The summed E-state index contributed by atoms with van der Waals surface area (Å²) in [6.45, 7) is 0. The first kappa shape index (κ1) is 15.8. The number of carbonyl (C=O) groups is 1. The number of aromatic nitrogens is 2. The van der Waals surface area contributed by atoms with E-state index in [1.54, 1.807) is 30.3 Å². The predicted molar refractivity (Wildman–Crippen MR) is 96.7 cm³/mol. The number of fused-ring (bicyclic) bond motifs is 1. The largest absolute Gasteiger partial charge is 0.426 e. The number of carbonyl (C=O) groups excluding carboxylic acids is 1. The second-order valence-corrected chi connectivity index (χ2v) is 5.77. The maximum Gasteiger partial charge on any atom is 0.255 e. The van der Waals surface area contributed by atoms with Crippen LogP contribution >= 0.6 is 0 Å². The van der Waals surface area contributed by atoms with Gasteiger partial charge in [-0.05, 0) is 60.7 Å². The molecule has 26 heavy (non-hydrogen) atoms. The van der Waals surface area contributed by atoms with Gasteiger partial charge in [-0.3, -0.25) is 4.79 Å². The van der Waals surface area contributed by atoms with Gasteiger partial charge in [-0.2, -0.15) is 4.73 Å². The molecular formula is C20H14FN3O2. The minimum atomic E-state index is -0.391. The summed E-state index contributed by atoms with van der Waals surface area (Å²) in [5.74, 6) is -0.299. The van der Waals surface area contributed by atoms with Gasteiger partial charge >= 0.3 is 0 Å². The van der Waals surface area contributed by atoms with Crippen molar-refractivity contribution in [2.45, 2.75) is 0 Å². The normalized spacial score (nSPS) is 10.8. The Bertz CT molecular complexity index is 1090. The van der Waals surface area contributed by atoms with Crippen molar-refractivity contribution in [3.05, 3.63) is 84.2 Å². The first-order chi connectivity index (χ1) is 12.6. The van der Waals surface area contributed by atoms with Gasteiger partial charge in [0, 0.05) is 16.8 Å². The van der Waals surface area contributed by atoms with Gasteiger partial charge in [0.2, 0.25) is 0 Å². The summed E-state index contributed by atoms with van der Waals surface area (Å²) in [5, 5.41) is 13.0. The standard InChI is InChI=1S/C20H14FN3O2/c21-15-9-5-14(6-10-15)20(25)22-16-11-7-13(8-12-16)19-23-17-3-1-2-4-18(17)24(19)26/h1-12,26H,(H,22,25). The summed E-state index contributed by atoms with van der Waals surface area (Å²) in [6, 6.07) is 19.6. The number of amides is 1. The lowest BCUT2D eigenvalue weighted by Gasteiger charge is -2.07. The van der Waals surface area contributed by atoms with Gasteiger partial charge in [0.1, 0.15) is 11.3 Å². The van der Waals surface area contributed by atoms with Crippen molar-refractivity contribution >= 4 is 22.6 Å². The van der Waals surface area contributed by atoms with Crippen molar-refractivity contribution in [3.63, 3.8) is 0 Å². The minimum absolute atomic E-state index is 0.327. The van der Waals surface area contributed by atoms with Crippen LogP contribution in [0.15, 0.2) is 72.8 Å². The molecule has 5 nitrogen and oxygen atoms in total. The van der Waals surface area contributed by atoms with Crippen LogP contribution in [-0.2, 0) is 0 Å². The topological polar surface area (TPSA) is 67.2 Å². The Morgan fingerprint density at radius 1 is 0.962 bits per heavy atom. The zero-order valence-corrected chi connectivity index (χ0v) is 13.6. The molecule has 0 atom stereocenters. The molecule has 2 N–H and O–H groups in total. The summed E-state index contributed by atoms with van der Waals surface area (Å²) in [4.78, 5) is 16.6. The zero-order valence-electron chi connectivity index (χ0n) is 13.6. The number of halogens is 1. The molecule has 0 fully saturated rings. The van der Waals surface area contributed by atoms with Crippen LogP contribution < -0.4 is 5.32 Å². The maximum atomic E-state index is 12.9. The molecule has 4 rings (SSSR count). The van der Waals surface area contributed by atoms with E-state index in [0.29, 0.717) is 33.7 Å². The van der Waals surface area contributed by atoms with E-state index in [-0.39, 0.29) is 5.91 Å². The molecule has 0 saturated carbocycles. The van der Waals surface area contributed by atoms with Crippen molar-refractivity contribution < 1.29 is 14.4 Å². The Kier molecular flexibility index (Phi) is 3.85. The van der Waals surface area contributed by atoms with E-state index < -0.39 is 5.82 Å². The smallest absolute Gasteiger partial charge is 0.255 e. The summed E-state index contributed by atoms with van der Waals surface area (Å²) < 4.78 is 14.0. The molecule has 1 heterocycles. The third-order valence-corrected chi connectivity index (χ3v) is 4.04. The first-order valence-corrected chi connectivity index (χ1v) is 7.96. The second kappa shape index (κ2) is 6.33. The van der Waals surface area contributed by atoms with E-state index in [9.17, 15) is 14.4 Å². The number of hydrogen-bond acceptors (Lipinski definition) is 3. The van der Waals surface area contributed by atoms with Crippen LogP contribution in [0.4, 0.5) is 10.1 Å². The Balaban J connectivity index is 1.57. The Morgan fingerprint density at radius 3 is 2.35 bits per heavy atom. The average molecular weight is 347 g/mol. The summed E-state index contributed by atoms with van der Waals surface area (Å²) >= 11 is 0. The Labute approximate surface area is 148 Å². The highest BCUT2D eigenvalue weighted by Gasteiger charge is 2.12. The van der Waals surface area contributed by atoms with Gasteiger partial charge in [0.15, 0.2) is 5.82 Å². The fourth-order valence-corrected chi connectivity index (χ4v) is 2.71. The molecule has 1 aromatic heterocycles. The van der Waals surface area contributed by atoms with E-state index in [2.05, 4.69) is 10.3 Å².